The Bertz CT molecular complexity index is 872. The molecule has 25 heavy (non-hydrogen) atoms. The smallest absolute Gasteiger partial charge is 0.255 e. The van der Waals surface area contributed by atoms with E-state index in [1.54, 1.807) is 0 Å². The summed E-state index contributed by atoms with van der Waals surface area (Å²) in [7, 11) is 0. The number of nitrogens with one attached hydrogen (secondary N) is 1. The highest BCUT2D eigenvalue weighted by molar-refractivity contribution is 6.05. The minimum atomic E-state index is -0.170. The Morgan fingerprint density at radius 2 is 1.64 bits per heavy atom. The molecule has 0 spiro atoms. The van der Waals surface area contributed by atoms with Crippen molar-refractivity contribution >= 4 is 11.6 Å². The van der Waals surface area contributed by atoms with Crippen LogP contribution in [0.3, 0.4) is 0 Å². The van der Waals surface area contributed by atoms with Crippen molar-refractivity contribution in [2.75, 3.05) is 5.32 Å². The number of nitrogens with zero attached hydrogens (tertiary/aromatic N) is 2. The van der Waals surface area contributed by atoms with E-state index < -0.39 is 0 Å². The van der Waals surface area contributed by atoms with Gasteiger partial charge in [-0.3, -0.25) is 9.48 Å². The molecular formula is C21H23N3O. The molecule has 0 unspecified atom stereocenters. The molecule has 0 atom stereocenters. The maximum Gasteiger partial charge on any atom is 0.255 e. The van der Waals surface area contributed by atoms with Gasteiger partial charge in [0.1, 0.15) is 5.69 Å². The van der Waals surface area contributed by atoms with Crippen LogP contribution in [0, 0.1) is 6.92 Å². The summed E-state index contributed by atoms with van der Waals surface area (Å²) in [6.07, 6.45) is 1.90. The highest BCUT2D eigenvalue weighted by atomic mass is 16.1. The van der Waals surface area contributed by atoms with Gasteiger partial charge >= 0.3 is 0 Å². The molecule has 128 valence electrons. The molecule has 0 saturated heterocycles. The van der Waals surface area contributed by atoms with Crippen LogP contribution in [0.1, 0.15) is 36.7 Å². The number of carbonyl (C=O) groups excluding carboxylic acids is 1. The maximum absolute atomic E-state index is 12.6. The molecule has 0 fully saturated rings. The molecule has 4 nitrogen and oxygen atoms in total. The Morgan fingerprint density at radius 3 is 2.24 bits per heavy atom. The zero-order valence-corrected chi connectivity index (χ0v) is 15.1. The number of amides is 1. The van der Waals surface area contributed by atoms with Crippen molar-refractivity contribution in [3.8, 4) is 11.3 Å². The monoisotopic (exact) mass is 333 g/mol. The van der Waals surface area contributed by atoms with Gasteiger partial charge in [-0.05, 0) is 39.8 Å². The first-order valence-corrected chi connectivity index (χ1v) is 8.38. The van der Waals surface area contributed by atoms with Crippen LogP contribution in [0.2, 0.25) is 0 Å². The van der Waals surface area contributed by atoms with Gasteiger partial charge in [0, 0.05) is 17.3 Å². The van der Waals surface area contributed by atoms with Crippen molar-refractivity contribution < 1.29 is 4.79 Å². The van der Waals surface area contributed by atoms with Crippen LogP contribution in [0.25, 0.3) is 11.3 Å². The van der Waals surface area contributed by atoms with Crippen LogP contribution in [-0.2, 0) is 5.54 Å². The van der Waals surface area contributed by atoms with Crippen molar-refractivity contribution in [1.82, 2.24) is 9.78 Å². The van der Waals surface area contributed by atoms with Gasteiger partial charge in [-0.25, -0.2) is 0 Å². The summed E-state index contributed by atoms with van der Waals surface area (Å²) in [6, 6.07) is 17.4. The topological polar surface area (TPSA) is 46.9 Å². The van der Waals surface area contributed by atoms with Crippen LogP contribution in [0.4, 0.5) is 5.69 Å². The number of hydrogen-bond acceptors (Lipinski definition) is 2. The average Bonchev–Trinajstić information content (AvgIpc) is 3.00. The predicted molar refractivity (Wildman–Crippen MR) is 102 cm³/mol. The molecule has 0 aliphatic heterocycles. The van der Waals surface area contributed by atoms with Gasteiger partial charge in [0.15, 0.2) is 0 Å². The Balaban J connectivity index is 1.98. The van der Waals surface area contributed by atoms with Gasteiger partial charge in [0.2, 0.25) is 0 Å². The van der Waals surface area contributed by atoms with E-state index in [-0.39, 0.29) is 11.4 Å². The molecule has 1 heterocycles. The van der Waals surface area contributed by atoms with Crippen molar-refractivity contribution in [2.24, 2.45) is 0 Å². The summed E-state index contributed by atoms with van der Waals surface area (Å²) in [5.41, 5.74) is 4.05. The fourth-order valence-corrected chi connectivity index (χ4v) is 2.52. The van der Waals surface area contributed by atoms with Gasteiger partial charge < -0.3 is 5.32 Å². The van der Waals surface area contributed by atoms with E-state index in [1.807, 2.05) is 72.4 Å². The second kappa shape index (κ2) is 6.55. The molecule has 0 aliphatic rings. The fraction of sp³-hybridized carbons (Fsp3) is 0.238. The molecular weight excluding hydrogens is 310 g/mol. The lowest BCUT2D eigenvalue weighted by Crippen LogP contribution is -2.22. The van der Waals surface area contributed by atoms with Crippen LogP contribution >= 0.6 is 0 Å². The third-order valence-corrected chi connectivity index (χ3v) is 4.01. The van der Waals surface area contributed by atoms with Crippen molar-refractivity contribution in [1.29, 1.82) is 0 Å². The number of anilines is 1. The van der Waals surface area contributed by atoms with Gasteiger partial charge in [-0.2, -0.15) is 5.10 Å². The number of hydrogen-bond donors (Lipinski definition) is 1. The van der Waals surface area contributed by atoms with Crippen LogP contribution in [-0.4, -0.2) is 15.7 Å². The lowest BCUT2D eigenvalue weighted by atomic mass is 10.1. The Labute approximate surface area is 148 Å². The van der Waals surface area contributed by atoms with Gasteiger partial charge in [-0.1, -0.05) is 48.0 Å². The normalized spacial score (nSPS) is 11.4. The zero-order chi connectivity index (χ0) is 18.0. The molecule has 4 heteroatoms. The minimum Gasteiger partial charge on any atom is -0.319 e. The molecule has 1 aromatic heterocycles. The number of carbonyl (C=O) groups is 1. The highest BCUT2D eigenvalue weighted by Crippen LogP contribution is 2.29. The Hall–Kier alpha value is -2.88. The first-order valence-electron chi connectivity index (χ1n) is 8.38. The molecule has 3 rings (SSSR count). The maximum atomic E-state index is 12.6. The van der Waals surface area contributed by atoms with Crippen LogP contribution in [0.5, 0.6) is 0 Å². The molecule has 0 radical (unpaired) electrons. The van der Waals surface area contributed by atoms with Gasteiger partial charge in [-0.15, -0.1) is 0 Å². The summed E-state index contributed by atoms with van der Waals surface area (Å²) >= 11 is 0. The largest absolute Gasteiger partial charge is 0.319 e. The third-order valence-electron chi connectivity index (χ3n) is 4.01. The quantitative estimate of drug-likeness (QED) is 0.743. The second-order valence-corrected chi connectivity index (χ2v) is 7.19. The molecule has 0 aliphatic carbocycles. The van der Waals surface area contributed by atoms with Gasteiger partial charge in [0.25, 0.3) is 5.91 Å². The minimum absolute atomic E-state index is 0.134. The van der Waals surface area contributed by atoms with Crippen LogP contribution in [0.15, 0.2) is 60.8 Å². The third kappa shape index (κ3) is 3.79. The summed E-state index contributed by atoms with van der Waals surface area (Å²) in [5.74, 6) is -0.134. The zero-order valence-electron chi connectivity index (χ0n) is 15.1. The highest BCUT2D eigenvalue weighted by Gasteiger charge is 2.20. The average molecular weight is 333 g/mol. The number of benzene rings is 2. The van der Waals surface area contributed by atoms with E-state index in [2.05, 4.69) is 26.1 Å². The van der Waals surface area contributed by atoms with Crippen LogP contribution < -0.4 is 5.32 Å². The van der Waals surface area contributed by atoms with E-state index in [1.165, 1.54) is 0 Å². The summed E-state index contributed by atoms with van der Waals surface area (Å²) < 4.78 is 1.89. The lowest BCUT2D eigenvalue weighted by Gasteiger charge is -2.18. The predicted octanol–water partition coefficient (Wildman–Crippen LogP) is 4.87. The van der Waals surface area contributed by atoms with E-state index >= 15 is 0 Å². The Morgan fingerprint density at radius 1 is 1.00 bits per heavy atom. The van der Waals surface area contributed by atoms with E-state index in [4.69, 9.17) is 5.10 Å². The molecule has 1 amide bonds. The number of aromatic nitrogens is 2. The van der Waals surface area contributed by atoms with Crippen molar-refractivity contribution in [3.63, 3.8) is 0 Å². The molecule has 0 bridgehead atoms. The molecule has 0 saturated carbocycles. The summed E-state index contributed by atoms with van der Waals surface area (Å²) in [6.45, 7) is 8.25. The van der Waals surface area contributed by atoms with E-state index in [0.717, 1.165) is 16.8 Å². The van der Waals surface area contributed by atoms with E-state index in [9.17, 15) is 4.79 Å². The standard InChI is InChI=1S/C21H23N3O/c1-15-10-12-17(13-11-15)20(25)22-18-14-24(21(2,3)4)23-19(18)16-8-6-5-7-9-16/h5-14H,1-4H3,(H,22,25). The SMILES string of the molecule is Cc1ccc(C(=O)Nc2cn(C(C)(C)C)nc2-c2ccccc2)cc1. The van der Waals surface area contributed by atoms with Crippen molar-refractivity contribution in [2.45, 2.75) is 33.2 Å². The number of rotatable bonds is 3. The molecule has 3 aromatic rings. The summed E-state index contributed by atoms with van der Waals surface area (Å²) in [5, 5.41) is 7.73. The van der Waals surface area contributed by atoms with Crippen molar-refractivity contribution in [3.05, 3.63) is 71.9 Å². The molecule has 2 aromatic carbocycles. The van der Waals surface area contributed by atoms with Gasteiger partial charge in [0.05, 0.1) is 11.2 Å². The lowest BCUT2D eigenvalue weighted by molar-refractivity contribution is 0.102. The fourth-order valence-electron chi connectivity index (χ4n) is 2.52. The summed E-state index contributed by atoms with van der Waals surface area (Å²) in [4.78, 5) is 12.6. The second-order valence-electron chi connectivity index (χ2n) is 7.19. The molecule has 1 N–H and O–H groups in total. The first-order chi connectivity index (χ1) is 11.8. The number of aryl methyl sites for hydroxylation is 1. The van der Waals surface area contributed by atoms with E-state index in [0.29, 0.717) is 11.3 Å². The first kappa shape index (κ1) is 17.0. The Kier molecular flexibility index (Phi) is 4.45.